The summed E-state index contributed by atoms with van der Waals surface area (Å²) in [4.78, 5) is 8.96. The van der Waals surface area contributed by atoms with Crippen molar-refractivity contribution in [3.05, 3.63) is 66.0 Å². The van der Waals surface area contributed by atoms with Gasteiger partial charge in [-0.2, -0.15) is 0 Å². The molecule has 24 heavy (non-hydrogen) atoms. The SMILES string of the molecule is CN(CC(O)c1ccccc1)C[C@@H]1CCN(C)[C@H]1c1cccnc1. The van der Waals surface area contributed by atoms with Gasteiger partial charge in [-0.25, -0.2) is 0 Å². The van der Waals surface area contributed by atoms with E-state index >= 15 is 0 Å². The second-order valence-electron chi connectivity index (χ2n) is 6.91. The zero-order valence-corrected chi connectivity index (χ0v) is 14.5. The summed E-state index contributed by atoms with van der Waals surface area (Å²) in [7, 11) is 4.29. The van der Waals surface area contributed by atoms with Gasteiger partial charge in [-0.3, -0.25) is 9.88 Å². The molecule has 0 saturated carbocycles. The maximum absolute atomic E-state index is 10.4. The highest BCUT2D eigenvalue weighted by Crippen LogP contribution is 2.36. The molecule has 1 aliphatic rings. The molecule has 3 rings (SSSR count). The Morgan fingerprint density at radius 1 is 1.25 bits per heavy atom. The van der Waals surface area contributed by atoms with E-state index in [2.05, 4.69) is 34.9 Å². The molecule has 4 nitrogen and oxygen atoms in total. The molecule has 1 aliphatic heterocycles. The molecule has 4 heteroatoms. The van der Waals surface area contributed by atoms with E-state index in [1.165, 1.54) is 12.0 Å². The Labute approximate surface area is 144 Å². The lowest BCUT2D eigenvalue weighted by atomic mass is 9.94. The van der Waals surface area contributed by atoms with Crippen LogP contribution in [0.2, 0.25) is 0 Å². The van der Waals surface area contributed by atoms with Crippen LogP contribution in [0, 0.1) is 5.92 Å². The van der Waals surface area contributed by atoms with Crippen molar-refractivity contribution in [3.63, 3.8) is 0 Å². The number of nitrogens with zero attached hydrogens (tertiary/aromatic N) is 3. The van der Waals surface area contributed by atoms with Gasteiger partial charge in [0, 0.05) is 31.5 Å². The second-order valence-corrected chi connectivity index (χ2v) is 6.91. The summed E-state index contributed by atoms with van der Waals surface area (Å²) in [6, 6.07) is 14.5. The van der Waals surface area contributed by atoms with Crippen LogP contribution < -0.4 is 0 Å². The average Bonchev–Trinajstić information content (AvgIpc) is 2.96. The molecule has 1 N–H and O–H groups in total. The number of benzene rings is 1. The normalized spacial score (nSPS) is 22.8. The fourth-order valence-corrected chi connectivity index (χ4v) is 3.85. The van der Waals surface area contributed by atoms with Crippen molar-refractivity contribution in [3.8, 4) is 0 Å². The highest BCUT2D eigenvalue weighted by Gasteiger charge is 2.33. The van der Waals surface area contributed by atoms with Gasteiger partial charge in [0.2, 0.25) is 0 Å². The van der Waals surface area contributed by atoms with Crippen molar-refractivity contribution in [1.82, 2.24) is 14.8 Å². The lowest BCUT2D eigenvalue weighted by molar-refractivity contribution is 0.113. The van der Waals surface area contributed by atoms with E-state index in [4.69, 9.17) is 0 Å². The Balaban J connectivity index is 1.62. The maximum Gasteiger partial charge on any atom is 0.0916 e. The van der Waals surface area contributed by atoms with Crippen LogP contribution in [0.25, 0.3) is 0 Å². The first-order chi connectivity index (χ1) is 11.6. The van der Waals surface area contributed by atoms with Crippen molar-refractivity contribution in [2.75, 3.05) is 33.7 Å². The van der Waals surface area contributed by atoms with E-state index in [9.17, 15) is 5.11 Å². The van der Waals surface area contributed by atoms with Gasteiger partial charge >= 0.3 is 0 Å². The number of aliphatic hydroxyl groups excluding tert-OH is 1. The van der Waals surface area contributed by atoms with Gasteiger partial charge in [0.25, 0.3) is 0 Å². The third kappa shape index (κ3) is 4.01. The van der Waals surface area contributed by atoms with Crippen molar-refractivity contribution in [2.45, 2.75) is 18.6 Å². The van der Waals surface area contributed by atoms with Crippen LogP contribution in [0.1, 0.15) is 29.7 Å². The zero-order chi connectivity index (χ0) is 16.9. The van der Waals surface area contributed by atoms with E-state index in [1.54, 1.807) is 0 Å². The van der Waals surface area contributed by atoms with Gasteiger partial charge in [0.05, 0.1) is 6.10 Å². The molecule has 1 saturated heterocycles. The van der Waals surface area contributed by atoms with Crippen molar-refractivity contribution in [1.29, 1.82) is 0 Å². The molecule has 0 amide bonds. The predicted molar refractivity (Wildman–Crippen MR) is 96.6 cm³/mol. The Hall–Kier alpha value is -1.75. The van der Waals surface area contributed by atoms with E-state index in [0.717, 1.165) is 18.7 Å². The molecule has 1 aromatic carbocycles. The van der Waals surface area contributed by atoms with Crippen LogP contribution >= 0.6 is 0 Å². The first-order valence-electron chi connectivity index (χ1n) is 8.67. The quantitative estimate of drug-likeness (QED) is 0.886. The first kappa shape index (κ1) is 17.1. The number of likely N-dealkylation sites (N-methyl/N-ethyl adjacent to an activating group) is 1. The number of likely N-dealkylation sites (tertiary alicyclic amines) is 1. The van der Waals surface area contributed by atoms with Crippen molar-refractivity contribution in [2.24, 2.45) is 5.92 Å². The Bertz CT molecular complexity index is 619. The van der Waals surface area contributed by atoms with E-state index < -0.39 is 6.10 Å². The van der Waals surface area contributed by atoms with Crippen LogP contribution in [0.15, 0.2) is 54.9 Å². The van der Waals surface area contributed by atoms with Crippen LogP contribution in [-0.4, -0.2) is 53.6 Å². The zero-order valence-electron chi connectivity index (χ0n) is 14.5. The first-order valence-corrected chi connectivity index (χ1v) is 8.67. The Morgan fingerprint density at radius 3 is 2.75 bits per heavy atom. The molecule has 0 aliphatic carbocycles. The molecule has 128 valence electrons. The summed E-state index contributed by atoms with van der Waals surface area (Å²) in [6.07, 6.45) is 4.56. The topological polar surface area (TPSA) is 39.6 Å². The van der Waals surface area contributed by atoms with Gasteiger partial charge in [-0.05, 0) is 50.2 Å². The molecule has 1 fully saturated rings. The number of pyridine rings is 1. The molecule has 0 bridgehead atoms. The fraction of sp³-hybridized carbons (Fsp3) is 0.450. The Kier molecular flexibility index (Phi) is 5.61. The van der Waals surface area contributed by atoms with Crippen molar-refractivity contribution < 1.29 is 5.11 Å². The smallest absolute Gasteiger partial charge is 0.0916 e. The lowest BCUT2D eigenvalue weighted by Gasteiger charge is -2.29. The Morgan fingerprint density at radius 2 is 2.04 bits per heavy atom. The standard InChI is InChI=1S/C20H27N3O/c1-22(15-19(24)16-7-4-3-5-8-16)14-18-10-12-23(2)20(18)17-9-6-11-21-13-17/h3-9,11,13,18-20,24H,10,12,14-15H2,1-2H3/t18-,19?,20-/m0/s1. The van der Waals surface area contributed by atoms with E-state index in [1.807, 2.05) is 48.8 Å². The molecule has 0 radical (unpaired) electrons. The molecule has 3 atom stereocenters. The molecule has 2 aromatic rings. The monoisotopic (exact) mass is 325 g/mol. The average molecular weight is 325 g/mol. The molecule has 2 heterocycles. The largest absolute Gasteiger partial charge is 0.387 e. The third-order valence-corrected chi connectivity index (χ3v) is 5.02. The molecule has 1 unspecified atom stereocenters. The second kappa shape index (κ2) is 7.88. The number of hydrogen-bond acceptors (Lipinski definition) is 4. The number of hydrogen-bond donors (Lipinski definition) is 1. The molecular formula is C20H27N3O. The summed E-state index contributed by atoms with van der Waals surface area (Å²) in [6.45, 7) is 2.75. The number of rotatable bonds is 6. The molecule has 1 aromatic heterocycles. The molecule has 0 spiro atoms. The summed E-state index contributed by atoms with van der Waals surface area (Å²) in [5, 5.41) is 10.4. The van der Waals surface area contributed by atoms with Gasteiger partial charge in [0.1, 0.15) is 0 Å². The highest BCUT2D eigenvalue weighted by atomic mass is 16.3. The summed E-state index contributed by atoms with van der Waals surface area (Å²) < 4.78 is 0. The maximum atomic E-state index is 10.4. The van der Waals surface area contributed by atoms with Crippen LogP contribution in [-0.2, 0) is 0 Å². The van der Waals surface area contributed by atoms with Crippen LogP contribution in [0.3, 0.4) is 0 Å². The third-order valence-electron chi connectivity index (χ3n) is 5.02. The van der Waals surface area contributed by atoms with Gasteiger partial charge in [0.15, 0.2) is 0 Å². The van der Waals surface area contributed by atoms with Crippen LogP contribution in [0.5, 0.6) is 0 Å². The summed E-state index contributed by atoms with van der Waals surface area (Å²) in [5.41, 5.74) is 2.27. The van der Waals surface area contributed by atoms with E-state index in [-0.39, 0.29) is 0 Å². The van der Waals surface area contributed by atoms with Gasteiger partial charge in [-0.1, -0.05) is 36.4 Å². The number of aliphatic hydroxyl groups is 1. The minimum Gasteiger partial charge on any atom is -0.387 e. The minimum atomic E-state index is -0.438. The number of aromatic nitrogens is 1. The minimum absolute atomic E-state index is 0.412. The summed E-state index contributed by atoms with van der Waals surface area (Å²) in [5.74, 6) is 0.562. The lowest BCUT2D eigenvalue weighted by Crippen LogP contribution is -2.32. The van der Waals surface area contributed by atoms with Crippen molar-refractivity contribution >= 4 is 0 Å². The van der Waals surface area contributed by atoms with E-state index in [0.29, 0.717) is 18.5 Å². The molecular weight excluding hydrogens is 298 g/mol. The summed E-state index contributed by atoms with van der Waals surface area (Å²) >= 11 is 0. The fourth-order valence-electron chi connectivity index (χ4n) is 3.85. The highest BCUT2D eigenvalue weighted by molar-refractivity contribution is 5.18. The predicted octanol–water partition coefficient (Wildman–Crippen LogP) is 2.74. The van der Waals surface area contributed by atoms with Gasteiger partial charge in [-0.15, -0.1) is 0 Å². The van der Waals surface area contributed by atoms with Gasteiger partial charge < -0.3 is 10.0 Å². The van der Waals surface area contributed by atoms with Crippen LogP contribution in [0.4, 0.5) is 0 Å².